The number of carbonyl (C=O) groups excluding carboxylic acids is 2. The molecular formula is C21H26N2O6. The van der Waals surface area contributed by atoms with Gasteiger partial charge in [0.1, 0.15) is 0 Å². The first-order valence-corrected chi connectivity index (χ1v) is 9.11. The Morgan fingerprint density at radius 1 is 0.828 bits per heavy atom. The third-order valence-corrected chi connectivity index (χ3v) is 4.20. The fourth-order valence-corrected chi connectivity index (χ4v) is 2.71. The summed E-state index contributed by atoms with van der Waals surface area (Å²) in [6.07, 6.45) is 1.28. The number of carbonyl (C=O) groups is 2. The number of hydrogen-bond donors (Lipinski definition) is 2. The maximum atomic E-state index is 12.2. The van der Waals surface area contributed by atoms with Gasteiger partial charge in [-0.15, -0.1) is 0 Å². The van der Waals surface area contributed by atoms with Crippen molar-refractivity contribution in [1.29, 1.82) is 0 Å². The van der Waals surface area contributed by atoms with E-state index in [0.717, 1.165) is 11.1 Å². The first-order chi connectivity index (χ1) is 14.1. The van der Waals surface area contributed by atoms with Gasteiger partial charge in [-0.05, 0) is 48.2 Å². The lowest BCUT2D eigenvalue weighted by Crippen LogP contribution is -2.29. The van der Waals surface area contributed by atoms with Crippen LogP contribution < -0.4 is 29.6 Å². The molecule has 0 aliphatic rings. The molecule has 0 bridgehead atoms. The lowest BCUT2D eigenvalue weighted by molar-refractivity contribution is -0.109. The Bertz CT molecular complexity index is 825. The summed E-state index contributed by atoms with van der Waals surface area (Å²) in [5, 5.41) is 5.32. The van der Waals surface area contributed by atoms with Crippen LogP contribution in [0.15, 0.2) is 36.4 Å². The molecule has 0 aromatic heterocycles. The molecule has 0 saturated carbocycles. The summed E-state index contributed by atoms with van der Waals surface area (Å²) in [6.45, 7) is 0.881. The molecule has 2 N–H and O–H groups in total. The maximum Gasteiger partial charge on any atom is 0.412 e. The van der Waals surface area contributed by atoms with E-state index in [1.807, 2.05) is 24.3 Å². The molecule has 0 fully saturated rings. The van der Waals surface area contributed by atoms with Gasteiger partial charge in [0.25, 0.3) is 0 Å². The molecule has 8 heteroatoms. The molecule has 2 aromatic rings. The first kappa shape index (κ1) is 21.9. The largest absolute Gasteiger partial charge is 0.493 e. The van der Waals surface area contributed by atoms with E-state index >= 15 is 0 Å². The summed E-state index contributed by atoms with van der Waals surface area (Å²) in [7, 11) is 4.66. The van der Waals surface area contributed by atoms with Gasteiger partial charge in [-0.25, -0.2) is 4.79 Å². The second kappa shape index (κ2) is 11.4. The van der Waals surface area contributed by atoms with E-state index < -0.39 is 6.09 Å². The SMILES string of the molecule is COc1ccc(CCNC(=O)Oc2cc(CCNC=O)ccc2OC)cc1OC. The Morgan fingerprint density at radius 3 is 1.97 bits per heavy atom. The lowest BCUT2D eigenvalue weighted by Gasteiger charge is -2.12. The van der Waals surface area contributed by atoms with E-state index in [-0.39, 0.29) is 0 Å². The summed E-state index contributed by atoms with van der Waals surface area (Å²) < 4.78 is 21.1. The standard InChI is InChI=1S/C21H26N2O6/c1-26-17-6-4-16(12-19(17)28-3)9-11-23-21(25)29-20-13-15(8-10-22-14-24)5-7-18(20)27-2/h4-7,12-14H,8-11H2,1-3H3,(H,22,24)(H,23,25). The van der Waals surface area contributed by atoms with Gasteiger partial charge in [0.15, 0.2) is 23.0 Å². The molecule has 0 radical (unpaired) electrons. The first-order valence-electron chi connectivity index (χ1n) is 9.11. The van der Waals surface area contributed by atoms with Crippen LogP contribution in [0.1, 0.15) is 11.1 Å². The zero-order chi connectivity index (χ0) is 21.1. The van der Waals surface area contributed by atoms with Crippen LogP contribution in [0.4, 0.5) is 4.79 Å². The second-order valence-electron chi connectivity index (χ2n) is 6.06. The number of methoxy groups -OCH3 is 3. The zero-order valence-electron chi connectivity index (χ0n) is 16.8. The van der Waals surface area contributed by atoms with E-state index in [9.17, 15) is 9.59 Å². The van der Waals surface area contributed by atoms with Gasteiger partial charge in [0.2, 0.25) is 6.41 Å². The minimum atomic E-state index is -0.577. The zero-order valence-corrected chi connectivity index (χ0v) is 16.8. The highest BCUT2D eigenvalue weighted by Gasteiger charge is 2.11. The molecule has 2 aromatic carbocycles. The molecule has 0 saturated heterocycles. The summed E-state index contributed by atoms with van der Waals surface area (Å²) in [5.74, 6) is 2.06. The Hall–Kier alpha value is -3.42. The van der Waals surface area contributed by atoms with Gasteiger partial charge in [0.05, 0.1) is 21.3 Å². The van der Waals surface area contributed by atoms with Crippen molar-refractivity contribution in [3.8, 4) is 23.0 Å². The summed E-state index contributed by atoms with van der Waals surface area (Å²) >= 11 is 0. The quantitative estimate of drug-likeness (QED) is 0.443. The van der Waals surface area contributed by atoms with Crippen molar-refractivity contribution in [3.63, 3.8) is 0 Å². The molecule has 156 valence electrons. The van der Waals surface area contributed by atoms with Gasteiger partial charge >= 0.3 is 6.09 Å². The molecule has 0 spiro atoms. The van der Waals surface area contributed by atoms with E-state index in [4.69, 9.17) is 18.9 Å². The third-order valence-electron chi connectivity index (χ3n) is 4.20. The smallest absolute Gasteiger partial charge is 0.412 e. The maximum absolute atomic E-state index is 12.2. The minimum absolute atomic E-state index is 0.319. The van der Waals surface area contributed by atoms with Crippen molar-refractivity contribution in [1.82, 2.24) is 10.6 Å². The Kier molecular flexibility index (Phi) is 8.62. The topological polar surface area (TPSA) is 95.1 Å². The number of nitrogens with one attached hydrogen (secondary N) is 2. The molecule has 0 heterocycles. The highest BCUT2D eigenvalue weighted by atomic mass is 16.6. The summed E-state index contributed by atoms with van der Waals surface area (Å²) in [5.41, 5.74) is 1.90. The predicted octanol–water partition coefficient (Wildman–Crippen LogP) is 2.33. The van der Waals surface area contributed by atoms with Crippen LogP contribution in [-0.4, -0.2) is 46.9 Å². The van der Waals surface area contributed by atoms with Crippen LogP contribution in [0.2, 0.25) is 0 Å². The van der Waals surface area contributed by atoms with Crippen LogP contribution in [0.25, 0.3) is 0 Å². The molecular weight excluding hydrogens is 376 g/mol. The Labute approximate surface area is 170 Å². The van der Waals surface area contributed by atoms with Gasteiger partial charge in [-0.2, -0.15) is 0 Å². The molecule has 0 aliphatic carbocycles. The van der Waals surface area contributed by atoms with Crippen LogP contribution in [0.3, 0.4) is 0 Å². The molecule has 0 aliphatic heterocycles. The number of rotatable bonds is 11. The molecule has 0 atom stereocenters. The van der Waals surface area contributed by atoms with Crippen LogP contribution in [0, 0.1) is 0 Å². The lowest BCUT2D eigenvalue weighted by atomic mass is 10.1. The van der Waals surface area contributed by atoms with Gasteiger partial charge in [0, 0.05) is 13.1 Å². The average Bonchev–Trinajstić information content (AvgIpc) is 2.74. The van der Waals surface area contributed by atoms with Crippen LogP contribution in [-0.2, 0) is 17.6 Å². The normalized spacial score (nSPS) is 10.0. The van der Waals surface area contributed by atoms with Crippen molar-refractivity contribution in [2.24, 2.45) is 0 Å². The van der Waals surface area contributed by atoms with E-state index in [2.05, 4.69) is 10.6 Å². The molecule has 2 rings (SSSR count). The Balaban J connectivity index is 1.91. The van der Waals surface area contributed by atoms with Crippen molar-refractivity contribution in [2.75, 3.05) is 34.4 Å². The number of benzene rings is 2. The third kappa shape index (κ3) is 6.60. The van der Waals surface area contributed by atoms with Crippen LogP contribution in [0.5, 0.6) is 23.0 Å². The van der Waals surface area contributed by atoms with Crippen molar-refractivity contribution >= 4 is 12.5 Å². The highest BCUT2D eigenvalue weighted by molar-refractivity contribution is 5.71. The van der Waals surface area contributed by atoms with E-state index in [0.29, 0.717) is 55.3 Å². The number of amides is 2. The fraction of sp³-hybridized carbons (Fsp3) is 0.333. The minimum Gasteiger partial charge on any atom is -0.493 e. The molecule has 8 nitrogen and oxygen atoms in total. The van der Waals surface area contributed by atoms with Crippen molar-refractivity contribution in [2.45, 2.75) is 12.8 Å². The second-order valence-corrected chi connectivity index (χ2v) is 6.06. The highest BCUT2D eigenvalue weighted by Crippen LogP contribution is 2.29. The fourth-order valence-electron chi connectivity index (χ4n) is 2.71. The van der Waals surface area contributed by atoms with Crippen molar-refractivity contribution in [3.05, 3.63) is 47.5 Å². The van der Waals surface area contributed by atoms with Crippen molar-refractivity contribution < 1.29 is 28.5 Å². The van der Waals surface area contributed by atoms with Gasteiger partial charge in [-0.3, -0.25) is 4.79 Å². The molecule has 0 unspecified atom stereocenters. The Morgan fingerprint density at radius 2 is 1.38 bits per heavy atom. The van der Waals surface area contributed by atoms with E-state index in [1.54, 1.807) is 26.4 Å². The van der Waals surface area contributed by atoms with Crippen LogP contribution >= 0.6 is 0 Å². The number of hydrogen-bond acceptors (Lipinski definition) is 6. The summed E-state index contributed by atoms with van der Waals surface area (Å²) in [6, 6.07) is 10.9. The summed E-state index contributed by atoms with van der Waals surface area (Å²) in [4.78, 5) is 22.5. The van der Waals surface area contributed by atoms with E-state index in [1.165, 1.54) is 7.11 Å². The molecule has 29 heavy (non-hydrogen) atoms. The predicted molar refractivity (Wildman–Crippen MR) is 108 cm³/mol. The monoisotopic (exact) mass is 402 g/mol. The van der Waals surface area contributed by atoms with Gasteiger partial charge < -0.3 is 29.6 Å². The average molecular weight is 402 g/mol. The van der Waals surface area contributed by atoms with Gasteiger partial charge in [-0.1, -0.05) is 12.1 Å². The molecule has 2 amide bonds. The number of ether oxygens (including phenoxy) is 4.